The van der Waals surface area contributed by atoms with Crippen molar-refractivity contribution in [3.8, 4) is 0 Å². The minimum Gasteiger partial charge on any atom is -0.479 e. The Morgan fingerprint density at radius 2 is 2.21 bits per heavy atom. The number of amides is 1. The molecule has 1 fully saturated rings. The zero-order valence-electron chi connectivity index (χ0n) is 10.4. The highest BCUT2D eigenvalue weighted by atomic mass is 32.2. The Hall–Kier alpha value is -1.54. The first kappa shape index (κ1) is 13.9. The summed E-state index contributed by atoms with van der Waals surface area (Å²) in [4.78, 5) is 35.2. The topological polar surface area (TPSA) is 93.1 Å². The summed E-state index contributed by atoms with van der Waals surface area (Å²) in [6.07, 6.45) is -0.613. The van der Waals surface area contributed by atoms with E-state index in [1.54, 1.807) is 5.41 Å². The predicted molar refractivity (Wildman–Crippen MR) is 65.2 cm³/mol. The molecule has 1 amide bonds. The normalized spacial score (nSPS) is 29.2. The van der Waals surface area contributed by atoms with Crippen LogP contribution in [0.2, 0.25) is 0 Å². The number of ether oxygens (including phenoxy) is 2. The highest BCUT2D eigenvalue weighted by Crippen LogP contribution is 2.41. The van der Waals surface area contributed by atoms with Gasteiger partial charge < -0.3 is 19.5 Å². The maximum Gasteiger partial charge on any atom is 0.330 e. The summed E-state index contributed by atoms with van der Waals surface area (Å²) in [6.45, 7) is 1.11. The molecule has 7 nitrogen and oxygen atoms in total. The second kappa shape index (κ2) is 5.22. The number of carbonyl (C=O) groups is 3. The van der Waals surface area contributed by atoms with Crippen LogP contribution in [-0.4, -0.2) is 59.1 Å². The Balaban J connectivity index is 2.19. The number of carbonyl (C=O) groups excluding carboxylic acids is 2. The van der Waals surface area contributed by atoms with Gasteiger partial charge in [-0.25, -0.2) is 4.79 Å². The van der Waals surface area contributed by atoms with Crippen LogP contribution in [0, 0.1) is 0 Å². The average molecular weight is 287 g/mol. The molecule has 2 unspecified atom stereocenters. The first-order chi connectivity index (χ1) is 8.97. The maximum absolute atomic E-state index is 11.8. The van der Waals surface area contributed by atoms with E-state index < -0.39 is 24.1 Å². The van der Waals surface area contributed by atoms with Gasteiger partial charge in [0.1, 0.15) is 12.0 Å². The smallest absolute Gasteiger partial charge is 0.330 e. The molecule has 3 atom stereocenters. The van der Waals surface area contributed by atoms with Crippen LogP contribution in [0.3, 0.4) is 0 Å². The fourth-order valence-corrected chi connectivity index (χ4v) is 3.30. The number of β-lactam (4-membered cyclic amide) rings is 1. The van der Waals surface area contributed by atoms with E-state index in [1.807, 2.05) is 0 Å². The lowest BCUT2D eigenvalue weighted by Gasteiger charge is -2.50. The largest absolute Gasteiger partial charge is 0.479 e. The van der Waals surface area contributed by atoms with E-state index in [9.17, 15) is 19.5 Å². The minimum atomic E-state index is -1.15. The van der Waals surface area contributed by atoms with Gasteiger partial charge in [-0.05, 0) is 5.41 Å². The van der Waals surface area contributed by atoms with E-state index >= 15 is 0 Å². The molecule has 2 aliphatic heterocycles. The van der Waals surface area contributed by atoms with Crippen LogP contribution < -0.4 is 0 Å². The SMILES string of the molecule is COC1C(=O)N2C(C(=O)O)C(COC(C)=O)=CS[C@@H]12. The van der Waals surface area contributed by atoms with Crippen molar-refractivity contribution < 1.29 is 29.0 Å². The van der Waals surface area contributed by atoms with Crippen LogP contribution in [0.15, 0.2) is 11.0 Å². The molecule has 0 saturated carbocycles. The van der Waals surface area contributed by atoms with Gasteiger partial charge in [-0.15, -0.1) is 11.8 Å². The molecule has 2 aliphatic rings. The Labute approximate surface area is 113 Å². The number of nitrogens with zero attached hydrogens (tertiary/aromatic N) is 1. The second-order valence-electron chi connectivity index (χ2n) is 4.14. The Bertz CT molecular complexity index is 462. The first-order valence-electron chi connectivity index (χ1n) is 5.53. The van der Waals surface area contributed by atoms with Gasteiger partial charge in [0.2, 0.25) is 0 Å². The monoisotopic (exact) mass is 287 g/mol. The van der Waals surface area contributed by atoms with E-state index in [0.29, 0.717) is 5.57 Å². The van der Waals surface area contributed by atoms with Gasteiger partial charge in [0, 0.05) is 19.6 Å². The number of hydrogen-bond acceptors (Lipinski definition) is 6. The number of methoxy groups -OCH3 is 1. The van der Waals surface area contributed by atoms with Gasteiger partial charge >= 0.3 is 11.9 Å². The summed E-state index contributed by atoms with van der Waals surface area (Å²) in [6, 6.07) is -1.09. The molecule has 0 spiro atoms. The number of hydrogen-bond donors (Lipinski definition) is 1. The lowest BCUT2D eigenvalue weighted by Crippen LogP contribution is -2.70. The zero-order chi connectivity index (χ0) is 14.2. The van der Waals surface area contributed by atoms with Crippen LogP contribution in [0.4, 0.5) is 0 Å². The second-order valence-corrected chi connectivity index (χ2v) is 5.13. The predicted octanol–water partition coefficient (Wildman–Crippen LogP) is -0.183. The molecular formula is C11H13NO6S. The lowest BCUT2D eigenvalue weighted by molar-refractivity contribution is -0.172. The standard InChI is InChI=1S/C11H13NO6S/c1-5(13)18-3-6-4-19-10-8(17-2)9(14)12(10)7(6)11(15)16/h4,7-8,10H,3H2,1-2H3,(H,15,16)/t7?,8?,10-/m0/s1. The molecular weight excluding hydrogens is 274 g/mol. The number of fused-ring (bicyclic) bond motifs is 1. The Kier molecular flexibility index (Phi) is 3.81. The first-order valence-corrected chi connectivity index (χ1v) is 6.47. The summed E-state index contributed by atoms with van der Waals surface area (Å²) in [5.74, 6) is -2.01. The molecule has 8 heteroatoms. The number of thioether (sulfide) groups is 1. The third-order valence-corrected chi connectivity index (χ3v) is 4.14. The summed E-state index contributed by atoms with van der Waals surface area (Å²) >= 11 is 1.29. The fraction of sp³-hybridized carbons (Fsp3) is 0.545. The van der Waals surface area contributed by atoms with Gasteiger partial charge in [-0.2, -0.15) is 0 Å². The molecule has 0 aromatic carbocycles. The number of esters is 1. The van der Waals surface area contributed by atoms with Crippen LogP contribution in [0.25, 0.3) is 0 Å². The molecule has 1 saturated heterocycles. The number of aliphatic carboxylic acids is 1. The van der Waals surface area contributed by atoms with Gasteiger partial charge in [-0.3, -0.25) is 9.59 Å². The average Bonchev–Trinajstić information content (AvgIpc) is 2.35. The van der Waals surface area contributed by atoms with Crippen molar-refractivity contribution in [2.24, 2.45) is 0 Å². The van der Waals surface area contributed by atoms with Crippen LogP contribution in [0.5, 0.6) is 0 Å². The number of rotatable bonds is 4. The highest BCUT2D eigenvalue weighted by molar-refractivity contribution is 8.02. The molecule has 0 aliphatic carbocycles. The van der Waals surface area contributed by atoms with Crippen molar-refractivity contribution in [3.05, 3.63) is 11.0 Å². The molecule has 1 N–H and O–H groups in total. The third kappa shape index (κ3) is 2.33. The maximum atomic E-state index is 11.8. The van der Waals surface area contributed by atoms with E-state index in [-0.39, 0.29) is 17.9 Å². The number of carboxylic acids is 1. The molecule has 2 heterocycles. The van der Waals surface area contributed by atoms with Crippen molar-refractivity contribution in [1.29, 1.82) is 0 Å². The van der Waals surface area contributed by atoms with Crippen LogP contribution in [0.1, 0.15) is 6.92 Å². The van der Waals surface area contributed by atoms with Crippen molar-refractivity contribution in [2.75, 3.05) is 13.7 Å². The zero-order valence-corrected chi connectivity index (χ0v) is 11.2. The molecule has 0 radical (unpaired) electrons. The lowest BCUT2D eigenvalue weighted by atomic mass is 10.00. The number of carboxylic acid groups (broad SMARTS) is 1. The summed E-state index contributed by atoms with van der Waals surface area (Å²) < 4.78 is 9.81. The van der Waals surface area contributed by atoms with Crippen molar-refractivity contribution >= 4 is 29.6 Å². The third-order valence-electron chi connectivity index (χ3n) is 2.95. The minimum absolute atomic E-state index is 0.131. The quantitative estimate of drug-likeness (QED) is 0.566. The van der Waals surface area contributed by atoms with E-state index in [2.05, 4.69) is 0 Å². The van der Waals surface area contributed by atoms with Gasteiger partial charge in [0.05, 0.1) is 0 Å². The van der Waals surface area contributed by atoms with Gasteiger partial charge in [-0.1, -0.05) is 0 Å². The van der Waals surface area contributed by atoms with E-state index in [4.69, 9.17) is 9.47 Å². The summed E-state index contributed by atoms with van der Waals surface area (Å²) in [5.41, 5.74) is 0.381. The summed E-state index contributed by atoms with van der Waals surface area (Å²) in [5, 5.41) is 10.5. The van der Waals surface area contributed by atoms with E-state index in [0.717, 1.165) is 0 Å². The Morgan fingerprint density at radius 3 is 2.74 bits per heavy atom. The van der Waals surface area contributed by atoms with Gasteiger partial charge in [0.15, 0.2) is 12.1 Å². The van der Waals surface area contributed by atoms with E-state index in [1.165, 1.54) is 30.7 Å². The molecule has 0 aromatic heterocycles. The fourth-order valence-electron chi connectivity index (χ4n) is 2.06. The van der Waals surface area contributed by atoms with Crippen molar-refractivity contribution in [1.82, 2.24) is 4.90 Å². The van der Waals surface area contributed by atoms with Crippen LogP contribution >= 0.6 is 11.8 Å². The molecule has 0 aromatic rings. The van der Waals surface area contributed by atoms with Crippen molar-refractivity contribution in [3.63, 3.8) is 0 Å². The van der Waals surface area contributed by atoms with Crippen molar-refractivity contribution in [2.45, 2.75) is 24.4 Å². The van der Waals surface area contributed by atoms with Crippen LogP contribution in [-0.2, 0) is 23.9 Å². The molecule has 0 bridgehead atoms. The van der Waals surface area contributed by atoms with Gasteiger partial charge in [0.25, 0.3) is 5.91 Å². The summed E-state index contributed by atoms with van der Waals surface area (Å²) in [7, 11) is 1.41. The Morgan fingerprint density at radius 1 is 1.53 bits per heavy atom. The molecule has 2 rings (SSSR count). The highest BCUT2D eigenvalue weighted by Gasteiger charge is 2.55. The molecule has 19 heavy (non-hydrogen) atoms. The molecule has 104 valence electrons.